The van der Waals surface area contributed by atoms with Crippen LogP contribution in [0.25, 0.3) is 0 Å². The van der Waals surface area contributed by atoms with E-state index in [2.05, 4.69) is 15.2 Å². The van der Waals surface area contributed by atoms with E-state index in [9.17, 15) is 4.79 Å². The molecule has 0 bridgehead atoms. The second-order valence-electron chi connectivity index (χ2n) is 5.53. The zero-order valence-corrected chi connectivity index (χ0v) is 12.0. The number of hydrogen-bond donors (Lipinski definition) is 1. The fourth-order valence-electron chi connectivity index (χ4n) is 3.26. The highest BCUT2D eigenvalue weighted by molar-refractivity contribution is 5.99. The van der Waals surface area contributed by atoms with Crippen molar-refractivity contribution < 1.29 is 4.79 Å². The van der Waals surface area contributed by atoms with E-state index in [1.807, 2.05) is 17.9 Å². The number of fused-ring (bicyclic) bond motifs is 1. The molecular weight excluding hydrogens is 252 g/mol. The summed E-state index contributed by atoms with van der Waals surface area (Å²) in [5, 5.41) is 3.24. The largest absolute Gasteiger partial charge is 0.385 e. The Kier molecular flexibility index (Phi) is 3.87. The summed E-state index contributed by atoms with van der Waals surface area (Å²) in [5.41, 5.74) is 1.59. The fourth-order valence-corrected chi connectivity index (χ4v) is 3.26. The van der Waals surface area contributed by atoms with Crippen molar-refractivity contribution in [3.63, 3.8) is 0 Å². The molecule has 0 saturated carbocycles. The number of carbonyl (C=O) groups excluding carboxylic acids is 1. The summed E-state index contributed by atoms with van der Waals surface area (Å²) in [6.07, 6.45) is 5.89. The Bertz CT molecular complexity index is 491. The molecule has 108 valence electrons. The van der Waals surface area contributed by atoms with Crippen LogP contribution in [-0.4, -0.2) is 59.5 Å². The molecule has 1 aromatic heterocycles. The van der Waals surface area contributed by atoms with Crippen molar-refractivity contribution in [1.82, 2.24) is 14.8 Å². The zero-order valence-electron chi connectivity index (χ0n) is 12.0. The number of carbonyl (C=O) groups is 1. The molecule has 2 fully saturated rings. The predicted molar refractivity (Wildman–Crippen MR) is 78.9 cm³/mol. The second-order valence-corrected chi connectivity index (χ2v) is 5.53. The number of piperazine rings is 1. The van der Waals surface area contributed by atoms with Crippen LogP contribution >= 0.6 is 0 Å². The maximum atomic E-state index is 12.7. The minimum Gasteiger partial charge on any atom is -0.385 e. The first-order valence-electron chi connectivity index (χ1n) is 7.51. The number of aromatic nitrogens is 1. The first-order valence-corrected chi connectivity index (χ1v) is 7.51. The quantitative estimate of drug-likeness (QED) is 0.906. The minimum absolute atomic E-state index is 0.112. The SMILES string of the molecule is CCNc1ccncc1C(=O)N1CCN2CCCC2C1. The predicted octanol–water partition coefficient (Wildman–Crippen LogP) is 1.43. The number of nitrogens with zero attached hydrogens (tertiary/aromatic N) is 3. The molecule has 3 rings (SSSR count). The van der Waals surface area contributed by atoms with Crippen LogP contribution in [0.5, 0.6) is 0 Å². The Morgan fingerprint density at radius 1 is 1.45 bits per heavy atom. The molecule has 2 aliphatic rings. The maximum Gasteiger partial charge on any atom is 0.257 e. The van der Waals surface area contributed by atoms with Crippen molar-refractivity contribution in [2.75, 3.05) is 38.0 Å². The molecule has 0 aromatic carbocycles. The molecule has 20 heavy (non-hydrogen) atoms. The van der Waals surface area contributed by atoms with Gasteiger partial charge in [0.05, 0.1) is 11.3 Å². The van der Waals surface area contributed by atoms with E-state index < -0.39 is 0 Å². The van der Waals surface area contributed by atoms with Gasteiger partial charge in [-0.25, -0.2) is 0 Å². The second kappa shape index (κ2) is 5.79. The normalized spacial score (nSPS) is 22.6. The molecule has 5 heteroatoms. The van der Waals surface area contributed by atoms with Crippen LogP contribution < -0.4 is 5.32 Å². The molecule has 0 radical (unpaired) electrons. The van der Waals surface area contributed by atoms with Crippen molar-refractivity contribution in [1.29, 1.82) is 0 Å². The van der Waals surface area contributed by atoms with E-state index in [0.717, 1.165) is 31.9 Å². The molecule has 3 heterocycles. The van der Waals surface area contributed by atoms with Gasteiger partial charge in [-0.1, -0.05) is 0 Å². The standard InChI is InChI=1S/C15H22N4O/c1-2-17-14-5-6-16-10-13(14)15(20)19-9-8-18-7-3-4-12(18)11-19/h5-6,10,12H,2-4,7-9,11H2,1H3,(H,16,17). The van der Waals surface area contributed by atoms with E-state index in [4.69, 9.17) is 0 Å². The molecule has 2 saturated heterocycles. The van der Waals surface area contributed by atoms with Crippen molar-refractivity contribution in [3.8, 4) is 0 Å². The molecule has 5 nitrogen and oxygen atoms in total. The van der Waals surface area contributed by atoms with Gasteiger partial charge in [-0.05, 0) is 32.4 Å². The summed E-state index contributed by atoms with van der Waals surface area (Å²) in [6.45, 7) is 6.73. The highest BCUT2D eigenvalue weighted by Gasteiger charge is 2.33. The lowest BCUT2D eigenvalue weighted by Gasteiger charge is -2.37. The monoisotopic (exact) mass is 274 g/mol. The molecule has 0 spiro atoms. The number of nitrogens with one attached hydrogen (secondary N) is 1. The Morgan fingerprint density at radius 3 is 3.20 bits per heavy atom. The van der Waals surface area contributed by atoms with Gasteiger partial charge in [-0.15, -0.1) is 0 Å². The van der Waals surface area contributed by atoms with Gasteiger partial charge < -0.3 is 10.2 Å². The van der Waals surface area contributed by atoms with Gasteiger partial charge in [0.15, 0.2) is 0 Å². The van der Waals surface area contributed by atoms with Gasteiger partial charge >= 0.3 is 0 Å². The average molecular weight is 274 g/mol. The number of amides is 1. The Morgan fingerprint density at radius 2 is 2.35 bits per heavy atom. The number of pyridine rings is 1. The number of rotatable bonds is 3. The topological polar surface area (TPSA) is 48.5 Å². The lowest BCUT2D eigenvalue weighted by molar-refractivity contribution is 0.0572. The molecular formula is C15H22N4O. The van der Waals surface area contributed by atoms with Gasteiger partial charge in [0, 0.05) is 44.6 Å². The van der Waals surface area contributed by atoms with Crippen LogP contribution in [-0.2, 0) is 0 Å². The first-order chi connectivity index (χ1) is 9.79. The average Bonchev–Trinajstić information content (AvgIpc) is 2.95. The minimum atomic E-state index is 0.112. The van der Waals surface area contributed by atoms with Crippen LogP contribution in [0.4, 0.5) is 5.69 Å². The van der Waals surface area contributed by atoms with Gasteiger partial charge in [0.2, 0.25) is 0 Å². The fraction of sp³-hybridized carbons (Fsp3) is 0.600. The van der Waals surface area contributed by atoms with Crippen molar-refractivity contribution in [2.45, 2.75) is 25.8 Å². The Hall–Kier alpha value is -1.62. The summed E-state index contributed by atoms with van der Waals surface area (Å²) >= 11 is 0. The van der Waals surface area contributed by atoms with Crippen LogP contribution in [0.2, 0.25) is 0 Å². The highest BCUT2D eigenvalue weighted by atomic mass is 16.2. The third-order valence-corrected chi connectivity index (χ3v) is 4.29. The molecule has 0 aliphatic carbocycles. The van der Waals surface area contributed by atoms with Crippen LogP contribution in [0, 0.1) is 0 Å². The lowest BCUT2D eigenvalue weighted by Crippen LogP contribution is -2.52. The summed E-state index contributed by atoms with van der Waals surface area (Å²) in [4.78, 5) is 21.3. The van der Waals surface area contributed by atoms with Gasteiger partial charge in [0.25, 0.3) is 5.91 Å². The van der Waals surface area contributed by atoms with E-state index >= 15 is 0 Å². The highest BCUT2D eigenvalue weighted by Crippen LogP contribution is 2.24. The smallest absolute Gasteiger partial charge is 0.257 e. The lowest BCUT2D eigenvalue weighted by atomic mass is 10.1. The third-order valence-electron chi connectivity index (χ3n) is 4.29. The summed E-state index contributed by atoms with van der Waals surface area (Å²) in [7, 11) is 0. The van der Waals surface area contributed by atoms with Gasteiger partial charge in [-0.3, -0.25) is 14.7 Å². The molecule has 1 aromatic rings. The van der Waals surface area contributed by atoms with E-state index in [1.165, 1.54) is 19.4 Å². The molecule has 1 amide bonds. The third kappa shape index (κ3) is 2.50. The summed E-state index contributed by atoms with van der Waals surface area (Å²) < 4.78 is 0. The molecule has 1 atom stereocenters. The van der Waals surface area contributed by atoms with Crippen molar-refractivity contribution in [2.24, 2.45) is 0 Å². The van der Waals surface area contributed by atoms with E-state index in [0.29, 0.717) is 11.6 Å². The van der Waals surface area contributed by atoms with Crippen LogP contribution in [0.15, 0.2) is 18.5 Å². The number of hydrogen-bond acceptors (Lipinski definition) is 4. The van der Waals surface area contributed by atoms with Crippen LogP contribution in [0.3, 0.4) is 0 Å². The summed E-state index contributed by atoms with van der Waals surface area (Å²) in [5.74, 6) is 0.112. The number of anilines is 1. The molecule has 2 aliphatic heterocycles. The van der Waals surface area contributed by atoms with Crippen molar-refractivity contribution in [3.05, 3.63) is 24.0 Å². The Balaban J connectivity index is 1.75. The van der Waals surface area contributed by atoms with E-state index in [1.54, 1.807) is 12.4 Å². The van der Waals surface area contributed by atoms with Gasteiger partial charge in [0.1, 0.15) is 0 Å². The molecule has 1 N–H and O–H groups in total. The van der Waals surface area contributed by atoms with Gasteiger partial charge in [-0.2, -0.15) is 0 Å². The molecule has 1 unspecified atom stereocenters. The zero-order chi connectivity index (χ0) is 13.9. The van der Waals surface area contributed by atoms with Crippen LogP contribution in [0.1, 0.15) is 30.1 Å². The van der Waals surface area contributed by atoms with E-state index in [-0.39, 0.29) is 5.91 Å². The Labute approximate surface area is 120 Å². The maximum absolute atomic E-state index is 12.7. The first kappa shape index (κ1) is 13.4. The van der Waals surface area contributed by atoms with Crippen molar-refractivity contribution >= 4 is 11.6 Å². The summed E-state index contributed by atoms with van der Waals surface area (Å²) in [6, 6.07) is 2.44.